The van der Waals surface area contributed by atoms with E-state index >= 15 is 0 Å². The van der Waals surface area contributed by atoms with Crippen molar-refractivity contribution in [2.24, 2.45) is 0 Å². The van der Waals surface area contributed by atoms with E-state index in [1.165, 1.54) is 23.2 Å². The SMILES string of the molecule is CN(C)C(=O)c1ccc(CNc2ncccc2[N+](=O)[O-])cc1. The lowest BCUT2D eigenvalue weighted by Gasteiger charge is -2.11. The Hall–Kier alpha value is -2.96. The average molecular weight is 300 g/mol. The van der Waals surface area contributed by atoms with Gasteiger partial charge in [0.25, 0.3) is 5.91 Å². The van der Waals surface area contributed by atoms with Crippen LogP contribution in [0.4, 0.5) is 11.5 Å². The summed E-state index contributed by atoms with van der Waals surface area (Å²) in [5, 5.41) is 13.8. The molecule has 0 saturated carbocycles. The van der Waals surface area contributed by atoms with Crippen molar-refractivity contribution < 1.29 is 9.72 Å². The van der Waals surface area contributed by atoms with Gasteiger partial charge in [-0.2, -0.15) is 0 Å². The Balaban J connectivity index is 2.07. The molecule has 0 aliphatic carbocycles. The lowest BCUT2D eigenvalue weighted by atomic mass is 10.1. The first-order chi connectivity index (χ1) is 10.5. The molecule has 0 aliphatic heterocycles. The van der Waals surface area contributed by atoms with Gasteiger partial charge in [0, 0.05) is 38.5 Å². The second-order valence-corrected chi connectivity index (χ2v) is 4.88. The molecule has 1 amide bonds. The number of anilines is 1. The highest BCUT2D eigenvalue weighted by atomic mass is 16.6. The number of nitro groups is 1. The van der Waals surface area contributed by atoms with Crippen molar-refractivity contribution in [3.05, 3.63) is 63.8 Å². The first-order valence-electron chi connectivity index (χ1n) is 6.63. The van der Waals surface area contributed by atoms with Crippen molar-refractivity contribution in [3.63, 3.8) is 0 Å². The number of pyridine rings is 1. The molecule has 0 radical (unpaired) electrons. The molecule has 2 aromatic rings. The number of hydrogen-bond donors (Lipinski definition) is 1. The number of aromatic nitrogens is 1. The molecule has 114 valence electrons. The molecule has 22 heavy (non-hydrogen) atoms. The summed E-state index contributed by atoms with van der Waals surface area (Å²) in [5.74, 6) is 0.154. The van der Waals surface area contributed by atoms with Gasteiger partial charge < -0.3 is 10.2 Å². The quantitative estimate of drug-likeness (QED) is 0.676. The average Bonchev–Trinajstić information content (AvgIpc) is 2.52. The number of carbonyl (C=O) groups is 1. The molecule has 2 rings (SSSR count). The zero-order valence-corrected chi connectivity index (χ0v) is 12.3. The van der Waals surface area contributed by atoms with Crippen molar-refractivity contribution in [3.8, 4) is 0 Å². The molecular weight excluding hydrogens is 284 g/mol. The Morgan fingerprint density at radius 1 is 1.27 bits per heavy atom. The van der Waals surface area contributed by atoms with E-state index in [1.807, 2.05) is 0 Å². The second kappa shape index (κ2) is 6.66. The topological polar surface area (TPSA) is 88.4 Å². The number of nitrogens with one attached hydrogen (secondary N) is 1. The minimum atomic E-state index is -0.478. The largest absolute Gasteiger partial charge is 0.360 e. The van der Waals surface area contributed by atoms with Crippen LogP contribution >= 0.6 is 0 Å². The van der Waals surface area contributed by atoms with Crippen LogP contribution in [-0.4, -0.2) is 34.8 Å². The summed E-state index contributed by atoms with van der Waals surface area (Å²) in [6.45, 7) is 0.383. The fourth-order valence-corrected chi connectivity index (χ4v) is 1.89. The predicted molar refractivity (Wildman–Crippen MR) is 82.7 cm³/mol. The van der Waals surface area contributed by atoms with Crippen molar-refractivity contribution in [2.75, 3.05) is 19.4 Å². The molecule has 1 aromatic carbocycles. The highest BCUT2D eigenvalue weighted by molar-refractivity contribution is 5.93. The lowest BCUT2D eigenvalue weighted by molar-refractivity contribution is -0.384. The van der Waals surface area contributed by atoms with Gasteiger partial charge in [0.1, 0.15) is 0 Å². The van der Waals surface area contributed by atoms with Crippen LogP contribution in [0.3, 0.4) is 0 Å². The maximum absolute atomic E-state index is 11.8. The van der Waals surface area contributed by atoms with Gasteiger partial charge in [-0.1, -0.05) is 12.1 Å². The van der Waals surface area contributed by atoms with E-state index in [-0.39, 0.29) is 17.4 Å². The highest BCUT2D eigenvalue weighted by Gasteiger charge is 2.13. The summed E-state index contributed by atoms with van der Waals surface area (Å²) in [6, 6.07) is 9.98. The Kier molecular flexibility index (Phi) is 4.67. The number of benzene rings is 1. The number of nitrogens with zero attached hydrogens (tertiary/aromatic N) is 3. The van der Waals surface area contributed by atoms with E-state index in [2.05, 4.69) is 10.3 Å². The van der Waals surface area contributed by atoms with Crippen LogP contribution in [0.5, 0.6) is 0 Å². The Morgan fingerprint density at radius 2 is 1.95 bits per heavy atom. The van der Waals surface area contributed by atoms with Gasteiger partial charge in [-0.05, 0) is 23.8 Å². The van der Waals surface area contributed by atoms with Crippen LogP contribution in [0, 0.1) is 10.1 Å². The number of rotatable bonds is 5. The summed E-state index contributed by atoms with van der Waals surface area (Å²) >= 11 is 0. The van der Waals surface area contributed by atoms with E-state index in [0.717, 1.165) is 5.56 Å². The first-order valence-corrected chi connectivity index (χ1v) is 6.63. The molecule has 1 N–H and O–H groups in total. The van der Waals surface area contributed by atoms with Crippen molar-refractivity contribution in [1.29, 1.82) is 0 Å². The fraction of sp³-hybridized carbons (Fsp3) is 0.200. The van der Waals surface area contributed by atoms with Crippen LogP contribution < -0.4 is 5.32 Å². The van der Waals surface area contributed by atoms with Gasteiger partial charge in [0.15, 0.2) is 0 Å². The predicted octanol–water partition coefficient (Wildman–Crippen LogP) is 2.30. The molecule has 1 heterocycles. The summed E-state index contributed by atoms with van der Waals surface area (Å²) in [7, 11) is 3.38. The van der Waals surface area contributed by atoms with Crippen LogP contribution in [0.15, 0.2) is 42.6 Å². The van der Waals surface area contributed by atoms with Crippen LogP contribution in [0.2, 0.25) is 0 Å². The molecule has 0 spiro atoms. The molecule has 1 aromatic heterocycles. The first kappa shape index (κ1) is 15.4. The minimum Gasteiger partial charge on any atom is -0.360 e. The Morgan fingerprint density at radius 3 is 2.55 bits per heavy atom. The van der Waals surface area contributed by atoms with Crippen molar-refractivity contribution in [2.45, 2.75) is 6.54 Å². The van der Waals surface area contributed by atoms with Crippen molar-refractivity contribution in [1.82, 2.24) is 9.88 Å². The van der Waals surface area contributed by atoms with Gasteiger partial charge in [-0.15, -0.1) is 0 Å². The fourth-order valence-electron chi connectivity index (χ4n) is 1.89. The van der Waals surface area contributed by atoms with Crippen LogP contribution in [-0.2, 0) is 6.54 Å². The van der Waals surface area contributed by atoms with E-state index in [9.17, 15) is 14.9 Å². The molecule has 0 bridgehead atoms. The monoisotopic (exact) mass is 300 g/mol. The molecule has 7 nitrogen and oxygen atoms in total. The van der Waals surface area contributed by atoms with Gasteiger partial charge in [0.05, 0.1) is 4.92 Å². The molecule has 0 aliphatic rings. The Bertz CT molecular complexity index is 683. The second-order valence-electron chi connectivity index (χ2n) is 4.88. The minimum absolute atomic E-state index is 0.0677. The van der Waals surface area contributed by atoms with Gasteiger partial charge in [-0.25, -0.2) is 4.98 Å². The third kappa shape index (κ3) is 3.57. The Labute approximate surface area is 127 Å². The zero-order valence-electron chi connectivity index (χ0n) is 12.3. The molecule has 7 heteroatoms. The van der Waals surface area contributed by atoms with Crippen LogP contribution in [0.1, 0.15) is 15.9 Å². The normalized spacial score (nSPS) is 10.1. The van der Waals surface area contributed by atoms with E-state index < -0.39 is 4.92 Å². The summed E-state index contributed by atoms with van der Waals surface area (Å²) < 4.78 is 0. The maximum Gasteiger partial charge on any atom is 0.311 e. The number of amides is 1. The standard InChI is InChI=1S/C15H16N4O3/c1-18(2)15(20)12-7-5-11(6-8-12)10-17-14-13(19(21)22)4-3-9-16-14/h3-9H,10H2,1-2H3,(H,16,17). The third-order valence-electron chi connectivity index (χ3n) is 3.05. The molecular formula is C15H16N4O3. The van der Waals surface area contributed by atoms with E-state index in [0.29, 0.717) is 12.1 Å². The summed E-state index contributed by atoms with van der Waals surface area (Å²) in [6.07, 6.45) is 1.49. The third-order valence-corrected chi connectivity index (χ3v) is 3.05. The lowest BCUT2D eigenvalue weighted by Crippen LogP contribution is -2.21. The highest BCUT2D eigenvalue weighted by Crippen LogP contribution is 2.21. The number of hydrogen-bond acceptors (Lipinski definition) is 5. The molecule has 0 fully saturated rings. The molecule has 0 unspecified atom stereocenters. The van der Waals surface area contributed by atoms with Gasteiger partial charge >= 0.3 is 5.69 Å². The van der Waals surface area contributed by atoms with Gasteiger partial charge in [-0.3, -0.25) is 14.9 Å². The zero-order chi connectivity index (χ0) is 16.1. The van der Waals surface area contributed by atoms with E-state index in [4.69, 9.17) is 0 Å². The van der Waals surface area contributed by atoms with Crippen molar-refractivity contribution >= 4 is 17.4 Å². The van der Waals surface area contributed by atoms with Gasteiger partial charge in [0.2, 0.25) is 5.82 Å². The van der Waals surface area contributed by atoms with E-state index in [1.54, 1.807) is 38.4 Å². The summed E-state index contributed by atoms with van der Waals surface area (Å²) in [5.41, 5.74) is 1.43. The molecule has 0 atom stereocenters. The van der Waals surface area contributed by atoms with Crippen LogP contribution in [0.25, 0.3) is 0 Å². The smallest absolute Gasteiger partial charge is 0.311 e. The summed E-state index contributed by atoms with van der Waals surface area (Å²) in [4.78, 5) is 27.7. The molecule has 0 saturated heterocycles. The maximum atomic E-state index is 11.8. The number of carbonyl (C=O) groups excluding carboxylic acids is 1.